The van der Waals surface area contributed by atoms with Crippen LogP contribution < -0.4 is 4.74 Å². The Bertz CT molecular complexity index is 680. The number of carbonyl (C=O) groups excluding carboxylic acids is 1. The van der Waals surface area contributed by atoms with Crippen LogP contribution in [0.15, 0.2) is 30.6 Å². The Labute approximate surface area is 120 Å². The lowest BCUT2D eigenvalue weighted by Crippen LogP contribution is -2.03. The molecule has 0 aliphatic heterocycles. The third-order valence-corrected chi connectivity index (χ3v) is 2.72. The maximum atomic E-state index is 11.6. The van der Waals surface area contributed by atoms with Gasteiger partial charge in [-0.25, -0.2) is 9.48 Å². The number of ether oxygens (including phenoxy) is 2. The lowest BCUT2D eigenvalue weighted by atomic mass is 10.2. The molecule has 0 atom stereocenters. The number of rotatable bonds is 5. The maximum absolute atomic E-state index is 11.6. The van der Waals surface area contributed by atoms with E-state index in [9.17, 15) is 14.9 Å². The van der Waals surface area contributed by atoms with Crippen molar-refractivity contribution in [2.45, 2.75) is 6.92 Å². The smallest absolute Gasteiger partial charge is 0.341 e. The lowest BCUT2D eigenvalue weighted by molar-refractivity contribution is -0.385. The van der Waals surface area contributed by atoms with E-state index in [0.717, 1.165) is 0 Å². The number of methoxy groups -OCH3 is 1. The standard InChI is InChI=1S/C13H13N3O5/c1-3-21-13(17)9-7-14-15(8-9)10-4-5-12(20-2)11(6-10)16(18)19/h4-8H,3H2,1-2H3. The summed E-state index contributed by atoms with van der Waals surface area (Å²) in [5.41, 5.74) is 0.538. The van der Waals surface area contributed by atoms with E-state index in [4.69, 9.17) is 9.47 Å². The predicted molar refractivity (Wildman–Crippen MR) is 72.7 cm³/mol. The van der Waals surface area contributed by atoms with Crippen molar-refractivity contribution in [1.82, 2.24) is 9.78 Å². The van der Waals surface area contributed by atoms with Crippen molar-refractivity contribution in [3.05, 3.63) is 46.3 Å². The second-order valence-corrected chi connectivity index (χ2v) is 4.01. The zero-order valence-corrected chi connectivity index (χ0v) is 11.5. The van der Waals surface area contributed by atoms with Gasteiger partial charge < -0.3 is 9.47 Å². The number of hydrogen-bond acceptors (Lipinski definition) is 6. The van der Waals surface area contributed by atoms with Crippen molar-refractivity contribution in [2.24, 2.45) is 0 Å². The summed E-state index contributed by atoms with van der Waals surface area (Å²) < 4.78 is 11.1. The number of nitro groups is 1. The number of esters is 1. The highest BCUT2D eigenvalue weighted by atomic mass is 16.6. The fourth-order valence-corrected chi connectivity index (χ4v) is 1.75. The molecule has 0 fully saturated rings. The van der Waals surface area contributed by atoms with E-state index < -0.39 is 10.9 Å². The first-order valence-corrected chi connectivity index (χ1v) is 6.11. The van der Waals surface area contributed by atoms with Crippen LogP contribution in [0.5, 0.6) is 5.75 Å². The second kappa shape index (κ2) is 6.04. The number of benzene rings is 1. The summed E-state index contributed by atoms with van der Waals surface area (Å²) in [6.07, 6.45) is 2.79. The fourth-order valence-electron chi connectivity index (χ4n) is 1.75. The van der Waals surface area contributed by atoms with Crippen LogP contribution in [-0.2, 0) is 4.74 Å². The highest BCUT2D eigenvalue weighted by Gasteiger charge is 2.17. The van der Waals surface area contributed by atoms with Crippen LogP contribution in [0.1, 0.15) is 17.3 Å². The number of nitro benzene ring substituents is 1. The van der Waals surface area contributed by atoms with Gasteiger partial charge >= 0.3 is 11.7 Å². The monoisotopic (exact) mass is 291 g/mol. The van der Waals surface area contributed by atoms with Gasteiger partial charge in [-0.3, -0.25) is 10.1 Å². The summed E-state index contributed by atoms with van der Waals surface area (Å²) in [6.45, 7) is 1.97. The number of hydrogen-bond donors (Lipinski definition) is 0. The van der Waals surface area contributed by atoms with E-state index in [1.165, 1.54) is 36.3 Å². The fraction of sp³-hybridized carbons (Fsp3) is 0.231. The van der Waals surface area contributed by atoms with Crippen molar-refractivity contribution in [3.8, 4) is 11.4 Å². The summed E-state index contributed by atoms with van der Waals surface area (Å²) >= 11 is 0. The minimum absolute atomic E-state index is 0.154. The number of nitrogens with zero attached hydrogens (tertiary/aromatic N) is 3. The minimum Gasteiger partial charge on any atom is -0.490 e. The molecule has 2 aromatic rings. The van der Waals surface area contributed by atoms with E-state index in [-0.39, 0.29) is 23.6 Å². The van der Waals surface area contributed by atoms with E-state index in [0.29, 0.717) is 5.69 Å². The lowest BCUT2D eigenvalue weighted by Gasteiger charge is -2.04. The molecule has 8 heteroatoms. The predicted octanol–water partition coefficient (Wildman–Crippen LogP) is 1.97. The summed E-state index contributed by atoms with van der Waals surface area (Å²) in [6, 6.07) is 4.40. The van der Waals surface area contributed by atoms with Gasteiger partial charge in [0.25, 0.3) is 0 Å². The summed E-state index contributed by atoms with van der Waals surface area (Å²) in [5.74, 6) is -0.340. The minimum atomic E-state index is -0.544. The van der Waals surface area contributed by atoms with E-state index in [1.54, 1.807) is 13.0 Å². The maximum Gasteiger partial charge on any atom is 0.341 e. The number of aromatic nitrogens is 2. The van der Waals surface area contributed by atoms with Crippen molar-refractivity contribution < 1.29 is 19.2 Å². The van der Waals surface area contributed by atoms with Gasteiger partial charge in [0.05, 0.1) is 36.1 Å². The van der Waals surface area contributed by atoms with Crippen LogP contribution in [-0.4, -0.2) is 34.4 Å². The Morgan fingerprint density at radius 2 is 2.24 bits per heavy atom. The highest BCUT2D eigenvalue weighted by Crippen LogP contribution is 2.28. The summed E-state index contributed by atoms with van der Waals surface area (Å²) in [7, 11) is 1.36. The SMILES string of the molecule is CCOC(=O)c1cnn(-c2ccc(OC)c([N+](=O)[O-])c2)c1. The molecule has 21 heavy (non-hydrogen) atoms. The van der Waals surface area contributed by atoms with Gasteiger partial charge in [-0.2, -0.15) is 5.10 Å². The molecule has 0 aliphatic rings. The van der Waals surface area contributed by atoms with Crippen molar-refractivity contribution >= 4 is 11.7 Å². The Balaban J connectivity index is 2.36. The van der Waals surface area contributed by atoms with Gasteiger partial charge in [-0.05, 0) is 19.1 Å². The van der Waals surface area contributed by atoms with Crippen LogP contribution in [0.3, 0.4) is 0 Å². The molecule has 0 N–H and O–H groups in total. The van der Waals surface area contributed by atoms with Gasteiger partial charge in [-0.15, -0.1) is 0 Å². The Morgan fingerprint density at radius 1 is 1.48 bits per heavy atom. The largest absolute Gasteiger partial charge is 0.490 e. The topological polar surface area (TPSA) is 96.5 Å². The first-order chi connectivity index (χ1) is 10.1. The first-order valence-electron chi connectivity index (χ1n) is 6.11. The molecule has 0 unspecified atom stereocenters. The van der Waals surface area contributed by atoms with Gasteiger partial charge in [0.2, 0.25) is 0 Å². The van der Waals surface area contributed by atoms with E-state index >= 15 is 0 Å². The highest BCUT2D eigenvalue weighted by molar-refractivity contribution is 5.88. The molecule has 0 amide bonds. The summed E-state index contributed by atoms with van der Waals surface area (Å²) in [5, 5.41) is 15.0. The molecule has 8 nitrogen and oxygen atoms in total. The molecule has 1 heterocycles. The average Bonchev–Trinajstić information content (AvgIpc) is 2.96. The molecule has 0 radical (unpaired) electrons. The van der Waals surface area contributed by atoms with E-state index in [1.807, 2.05) is 0 Å². The summed E-state index contributed by atoms with van der Waals surface area (Å²) in [4.78, 5) is 22.0. The molecule has 2 rings (SSSR count). The Kier molecular flexibility index (Phi) is 4.17. The Morgan fingerprint density at radius 3 is 2.86 bits per heavy atom. The molecule has 0 spiro atoms. The Hall–Kier alpha value is -2.90. The molecule has 0 saturated carbocycles. The average molecular weight is 291 g/mol. The molecule has 110 valence electrons. The molecular weight excluding hydrogens is 278 g/mol. The van der Waals surface area contributed by atoms with Crippen LogP contribution in [0.25, 0.3) is 5.69 Å². The molecule has 1 aromatic carbocycles. The zero-order valence-electron chi connectivity index (χ0n) is 11.5. The van der Waals surface area contributed by atoms with Gasteiger partial charge in [0.1, 0.15) is 0 Å². The molecule has 0 bridgehead atoms. The van der Waals surface area contributed by atoms with Crippen LogP contribution in [0, 0.1) is 10.1 Å². The van der Waals surface area contributed by atoms with Gasteiger partial charge in [0, 0.05) is 12.3 Å². The molecular formula is C13H13N3O5. The van der Waals surface area contributed by atoms with Crippen molar-refractivity contribution in [3.63, 3.8) is 0 Å². The van der Waals surface area contributed by atoms with Crippen molar-refractivity contribution in [2.75, 3.05) is 13.7 Å². The molecule has 1 aromatic heterocycles. The first kappa shape index (κ1) is 14.5. The zero-order chi connectivity index (χ0) is 15.4. The number of carbonyl (C=O) groups is 1. The molecule has 0 saturated heterocycles. The van der Waals surface area contributed by atoms with Crippen LogP contribution in [0.2, 0.25) is 0 Å². The third-order valence-electron chi connectivity index (χ3n) is 2.72. The second-order valence-electron chi connectivity index (χ2n) is 4.01. The normalized spacial score (nSPS) is 10.2. The van der Waals surface area contributed by atoms with Gasteiger partial charge in [-0.1, -0.05) is 0 Å². The van der Waals surface area contributed by atoms with E-state index in [2.05, 4.69) is 5.10 Å². The van der Waals surface area contributed by atoms with Gasteiger partial charge in [0.15, 0.2) is 5.75 Å². The van der Waals surface area contributed by atoms with Crippen molar-refractivity contribution in [1.29, 1.82) is 0 Å². The third kappa shape index (κ3) is 2.99. The van der Waals surface area contributed by atoms with Crippen LogP contribution in [0.4, 0.5) is 5.69 Å². The quantitative estimate of drug-likeness (QED) is 0.474. The van der Waals surface area contributed by atoms with Crippen LogP contribution >= 0.6 is 0 Å². The molecule has 0 aliphatic carbocycles.